The molecule has 0 aliphatic rings. The molecule has 0 aromatic heterocycles. The molecule has 2 heteroatoms. The van der Waals surface area contributed by atoms with Gasteiger partial charge >= 0.3 is 0 Å². The lowest BCUT2D eigenvalue weighted by molar-refractivity contribution is 1.16. The Kier molecular flexibility index (Phi) is 4.46. The highest BCUT2D eigenvalue weighted by molar-refractivity contribution is 5.80. The van der Waals surface area contributed by atoms with Crippen molar-refractivity contribution in [3.05, 3.63) is 23.4 Å². The van der Waals surface area contributed by atoms with Crippen LogP contribution in [0.2, 0.25) is 0 Å². The zero-order chi connectivity index (χ0) is 8.85. The summed E-state index contributed by atoms with van der Waals surface area (Å²) in [6.07, 6.45) is 1.78. The first-order chi connectivity index (χ1) is 5.07. The van der Waals surface area contributed by atoms with E-state index in [1.54, 1.807) is 6.21 Å². The fourth-order valence-electron chi connectivity index (χ4n) is 0.574. The molecule has 0 aliphatic heterocycles. The average Bonchev–Trinajstić information content (AvgIpc) is 1.87. The summed E-state index contributed by atoms with van der Waals surface area (Å²) in [5, 5.41) is 0. The Morgan fingerprint density at radius 1 is 1.45 bits per heavy atom. The zero-order valence-electron chi connectivity index (χ0n) is 7.52. The fraction of sp³-hybridized carbons (Fsp3) is 0.444. The first kappa shape index (κ1) is 10.1. The van der Waals surface area contributed by atoms with Gasteiger partial charge in [-0.25, -0.2) is 0 Å². The Morgan fingerprint density at radius 3 is 2.27 bits per heavy atom. The molecule has 0 aliphatic carbocycles. The van der Waals surface area contributed by atoms with Gasteiger partial charge in [0, 0.05) is 18.5 Å². The molecule has 62 valence electrons. The smallest absolute Gasteiger partial charge is 0.0315 e. The maximum absolute atomic E-state index is 5.48. The number of aliphatic imine (C=N–C) groups is 1. The third-order valence-corrected chi connectivity index (χ3v) is 1.30. The molecule has 0 unspecified atom stereocenters. The summed E-state index contributed by atoms with van der Waals surface area (Å²) < 4.78 is 0. The van der Waals surface area contributed by atoms with E-state index >= 15 is 0 Å². The van der Waals surface area contributed by atoms with Crippen LogP contribution < -0.4 is 5.73 Å². The average molecular weight is 152 g/mol. The van der Waals surface area contributed by atoms with Crippen LogP contribution in [0.1, 0.15) is 20.8 Å². The number of hydrogen-bond donors (Lipinski definition) is 1. The molecule has 0 rings (SSSR count). The molecule has 0 aromatic rings. The van der Waals surface area contributed by atoms with Gasteiger partial charge in [0.15, 0.2) is 0 Å². The van der Waals surface area contributed by atoms with Crippen molar-refractivity contribution in [3.63, 3.8) is 0 Å². The van der Waals surface area contributed by atoms with Crippen molar-refractivity contribution in [1.29, 1.82) is 0 Å². The van der Waals surface area contributed by atoms with E-state index in [9.17, 15) is 0 Å². The summed E-state index contributed by atoms with van der Waals surface area (Å²) in [4.78, 5) is 4.06. The van der Waals surface area contributed by atoms with Gasteiger partial charge in [0.2, 0.25) is 0 Å². The second-order valence-corrected chi connectivity index (χ2v) is 2.72. The monoisotopic (exact) mass is 152 g/mol. The largest absolute Gasteiger partial charge is 0.326 e. The minimum Gasteiger partial charge on any atom is -0.326 e. The maximum Gasteiger partial charge on any atom is 0.0315 e. The van der Waals surface area contributed by atoms with Crippen LogP contribution in [0.25, 0.3) is 0 Å². The quantitative estimate of drug-likeness (QED) is 0.616. The molecular formula is C9H16N2. The van der Waals surface area contributed by atoms with Gasteiger partial charge in [0.25, 0.3) is 0 Å². The fourth-order valence-corrected chi connectivity index (χ4v) is 0.574. The molecule has 11 heavy (non-hydrogen) atoms. The van der Waals surface area contributed by atoms with Gasteiger partial charge in [0.05, 0.1) is 0 Å². The Balaban J connectivity index is 4.33. The summed E-state index contributed by atoms with van der Waals surface area (Å²) in [5.41, 5.74) is 8.57. The van der Waals surface area contributed by atoms with Crippen molar-refractivity contribution in [2.24, 2.45) is 10.7 Å². The minimum atomic E-state index is 0.541. The summed E-state index contributed by atoms with van der Waals surface area (Å²) in [7, 11) is 0. The lowest BCUT2D eigenvalue weighted by Crippen LogP contribution is -2.05. The van der Waals surface area contributed by atoms with Crippen LogP contribution in [0.15, 0.2) is 28.4 Å². The Hall–Kier alpha value is -0.890. The van der Waals surface area contributed by atoms with Crippen LogP contribution >= 0.6 is 0 Å². The van der Waals surface area contributed by atoms with E-state index < -0.39 is 0 Å². The standard InChI is InChI=1S/C9H16N2/c1-7(2)9(5-10)6-11-8(3)4/h6H,3,5,10H2,1-2,4H3. The van der Waals surface area contributed by atoms with Crippen molar-refractivity contribution >= 4 is 6.21 Å². The molecule has 0 heterocycles. The van der Waals surface area contributed by atoms with Crippen LogP contribution in [-0.4, -0.2) is 12.8 Å². The highest BCUT2D eigenvalue weighted by Crippen LogP contribution is 1.99. The Labute approximate surface area is 68.5 Å². The topological polar surface area (TPSA) is 38.4 Å². The molecule has 0 aromatic carbocycles. The highest BCUT2D eigenvalue weighted by Gasteiger charge is 1.90. The number of allylic oxidation sites excluding steroid dienone is 2. The molecule has 0 fully saturated rings. The zero-order valence-corrected chi connectivity index (χ0v) is 7.52. The van der Waals surface area contributed by atoms with Gasteiger partial charge in [-0.2, -0.15) is 0 Å². The minimum absolute atomic E-state index is 0.541. The predicted octanol–water partition coefficient (Wildman–Crippen LogP) is 1.89. The summed E-state index contributed by atoms with van der Waals surface area (Å²) in [6.45, 7) is 10.1. The van der Waals surface area contributed by atoms with Crippen LogP contribution in [-0.2, 0) is 0 Å². The molecular weight excluding hydrogens is 136 g/mol. The Morgan fingerprint density at radius 2 is 2.00 bits per heavy atom. The third kappa shape index (κ3) is 4.51. The van der Waals surface area contributed by atoms with E-state index in [-0.39, 0.29) is 0 Å². The van der Waals surface area contributed by atoms with Gasteiger partial charge in [0.1, 0.15) is 0 Å². The predicted molar refractivity (Wildman–Crippen MR) is 50.7 cm³/mol. The molecule has 2 nitrogen and oxygen atoms in total. The first-order valence-electron chi connectivity index (χ1n) is 3.64. The van der Waals surface area contributed by atoms with E-state index in [0.29, 0.717) is 6.54 Å². The molecule has 0 radical (unpaired) electrons. The number of hydrogen-bond acceptors (Lipinski definition) is 2. The number of nitrogens with two attached hydrogens (primary N) is 1. The normalized spacial score (nSPS) is 10.2. The Bertz CT molecular complexity index is 196. The molecule has 0 bridgehead atoms. The van der Waals surface area contributed by atoms with Crippen molar-refractivity contribution < 1.29 is 0 Å². The summed E-state index contributed by atoms with van der Waals surface area (Å²) in [5.74, 6) is 0. The second-order valence-electron chi connectivity index (χ2n) is 2.72. The van der Waals surface area contributed by atoms with Gasteiger partial charge in [-0.1, -0.05) is 12.2 Å². The van der Waals surface area contributed by atoms with Gasteiger partial charge in [-0.05, 0) is 26.3 Å². The first-order valence-corrected chi connectivity index (χ1v) is 3.64. The van der Waals surface area contributed by atoms with E-state index in [0.717, 1.165) is 11.3 Å². The third-order valence-electron chi connectivity index (χ3n) is 1.30. The molecule has 0 atom stereocenters. The summed E-state index contributed by atoms with van der Waals surface area (Å²) in [6, 6.07) is 0. The lowest BCUT2D eigenvalue weighted by atomic mass is 10.2. The molecule has 0 saturated carbocycles. The van der Waals surface area contributed by atoms with Crippen molar-refractivity contribution in [2.45, 2.75) is 20.8 Å². The van der Waals surface area contributed by atoms with E-state index in [1.807, 2.05) is 20.8 Å². The summed E-state index contributed by atoms with van der Waals surface area (Å²) >= 11 is 0. The van der Waals surface area contributed by atoms with Crippen LogP contribution in [0.5, 0.6) is 0 Å². The number of nitrogens with zero attached hydrogens (tertiary/aromatic N) is 1. The lowest BCUT2D eigenvalue weighted by Gasteiger charge is -1.98. The van der Waals surface area contributed by atoms with Crippen LogP contribution in [0.4, 0.5) is 0 Å². The van der Waals surface area contributed by atoms with Gasteiger partial charge < -0.3 is 5.73 Å². The van der Waals surface area contributed by atoms with Crippen molar-refractivity contribution in [1.82, 2.24) is 0 Å². The van der Waals surface area contributed by atoms with Crippen LogP contribution in [0, 0.1) is 0 Å². The van der Waals surface area contributed by atoms with Crippen molar-refractivity contribution in [3.8, 4) is 0 Å². The molecule has 2 N–H and O–H groups in total. The SMILES string of the molecule is C=C(C)N=CC(CN)=C(C)C. The second kappa shape index (κ2) is 4.85. The molecule has 0 spiro atoms. The number of rotatable bonds is 3. The molecule has 0 saturated heterocycles. The van der Waals surface area contributed by atoms with Crippen LogP contribution in [0.3, 0.4) is 0 Å². The van der Waals surface area contributed by atoms with E-state index in [1.165, 1.54) is 5.57 Å². The highest BCUT2D eigenvalue weighted by atomic mass is 14.7. The van der Waals surface area contributed by atoms with Crippen molar-refractivity contribution in [2.75, 3.05) is 6.54 Å². The maximum atomic E-state index is 5.48. The van der Waals surface area contributed by atoms with Gasteiger partial charge in [-0.3, -0.25) is 4.99 Å². The molecule has 0 amide bonds. The van der Waals surface area contributed by atoms with Gasteiger partial charge in [-0.15, -0.1) is 0 Å². The van der Waals surface area contributed by atoms with E-state index in [4.69, 9.17) is 5.73 Å². The van der Waals surface area contributed by atoms with E-state index in [2.05, 4.69) is 11.6 Å².